The molecule has 0 fully saturated rings. The summed E-state index contributed by atoms with van der Waals surface area (Å²) in [5, 5.41) is 11.3. The fourth-order valence-corrected chi connectivity index (χ4v) is 2.26. The van der Waals surface area contributed by atoms with Crippen molar-refractivity contribution in [2.24, 2.45) is 0 Å². The van der Waals surface area contributed by atoms with E-state index in [-0.39, 0.29) is 18.4 Å². The van der Waals surface area contributed by atoms with Crippen LogP contribution in [0.2, 0.25) is 0 Å². The van der Waals surface area contributed by atoms with Crippen molar-refractivity contribution >= 4 is 33.9 Å². The first kappa shape index (κ1) is 16.4. The van der Waals surface area contributed by atoms with Crippen molar-refractivity contribution < 1.29 is 14.7 Å². The van der Waals surface area contributed by atoms with Crippen molar-refractivity contribution in [3.05, 3.63) is 39.9 Å². The van der Waals surface area contributed by atoms with Gasteiger partial charge in [0.1, 0.15) is 0 Å². The van der Waals surface area contributed by atoms with E-state index in [1.807, 2.05) is 25.1 Å². The molecule has 1 aromatic rings. The van der Waals surface area contributed by atoms with Gasteiger partial charge in [-0.25, -0.2) is 0 Å². The maximum Gasteiger partial charge on any atom is 0.303 e. The predicted octanol–water partition coefficient (Wildman–Crippen LogP) is 3.14. The molecule has 0 aromatic heterocycles. The minimum absolute atomic E-state index is 0.0503. The molecule has 1 amide bonds. The van der Waals surface area contributed by atoms with E-state index in [4.69, 9.17) is 5.11 Å². The summed E-state index contributed by atoms with van der Waals surface area (Å²) in [6.45, 7) is 3.78. The van der Waals surface area contributed by atoms with Gasteiger partial charge in [-0.2, -0.15) is 0 Å². The van der Waals surface area contributed by atoms with Crippen molar-refractivity contribution in [2.75, 3.05) is 0 Å². The van der Waals surface area contributed by atoms with Crippen LogP contribution in [0.5, 0.6) is 0 Å². The minimum atomic E-state index is -0.856. The van der Waals surface area contributed by atoms with E-state index in [0.29, 0.717) is 6.42 Å². The predicted molar refractivity (Wildman–Crippen MR) is 82.4 cm³/mol. The van der Waals surface area contributed by atoms with E-state index in [0.717, 1.165) is 15.6 Å². The van der Waals surface area contributed by atoms with E-state index >= 15 is 0 Å². The Kier molecular flexibility index (Phi) is 6.45. The Balaban J connectivity index is 2.53. The van der Waals surface area contributed by atoms with Crippen LogP contribution in [-0.4, -0.2) is 23.0 Å². The molecule has 0 radical (unpaired) electrons. The van der Waals surface area contributed by atoms with Crippen LogP contribution in [0.3, 0.4) is 0 Å². The molecular formula is C15H18BrNO3. The number of hydrogen-bond acceptors (Lipinski definition) is 2. The van der Waals surface area contributed by atoms with Gasteiger partial charge in [0.25, 0.3) is 0 Å². The fourth-order valence-electron chi connectivity index (χ4n) is 1.64. The van der Waals surface area contributed by atoms with Crippen LogP contribution in [0.4, 0.5) is 0 Å². The Morgan fingerprint density at radius 1 is 1.45 bits per heavy atom. The van der Waals surface area contributed by atoms with Crippen LogP contribution in [0, 0.1) is 6.92 Å². The third-order valence-corrected chi connectivity index (χ3v) is 3.44. The number of carboxylic acids is 1. The number of carbonyl (C=O) groups excluding carboxylic acids is 1. The largest absolute Gasteiger partial charge is 0.481 e. The number of nitrogens with one attached hydrogen (secondary N) is 1. The monoisotopic (exact) mass is 339 g/mol. The molecule has 0 aliphatic rings. The van der Waals surface area contributed by atoms with E-state index in [1.54, 1.807) is 13.0 Å². The molecule has 1 rings (SSSR count). The number of benzene rings is 1. The first-order valence-corrected chi connectivity index (χ1v) is 7.14. The number of amides is 1. The number of carbonyl (C=O) groups is 2. The van der Waals surface area contributed by atoms with Gasteiger partial charge in [-0.1, -0.05) is 28.1 Å². The summed E-state index contributed by atoms with van der Waals surface area (Å²) in [6, 6.07) is 5.71. The highest BCUT2D eigenvalue weighted by molar-refractivity contribution is 9.10. The smallest absolute Gasteiger partial charge is 0.303 e. The molecule has 1 atom stereocenters. The average molecular weight is 340 g/mol. The summed E-state index contributed by atoms with van der Waals surface area (Å²) in [7, 11) is 0. The lowest BCUT2D eigenvalue weighted by Crippen LogP contribution is -2.31. The lowest BCUT2D eigenvalue weighted by molar-refractivity contribution is -0.137. The molecular weight excluding hydrogens is 322 g/mol. The molecule has 0 bridgehead atoms. The fraction of sp³-hybridized carbons (Fsp3) is 0.333. The Morgan fingerprint density at radius 3 is 2.75 bits per heavy atom. The van der Waals surface area contributed by atoms with Crippen LogP contribution in [0.15, 0.2) is 28.7 Å². The molecule has 108 valence electrons. The molecule has 20 heavy (non-hydrogen) atoms. The van der Waals surface area contributed by atoms with Crippen LogP contribution in [-0.2, 0) is 9.59 Å². The van der Waals surface area contributed by atoms with Crippen molar-refractivity contribution in [3.8, 4) is 0 Å². The quantitative estimate of drug-likeness (QED) is 0.782. The minimum Gasteiger partial charge on any atom is -0.481 e. The van der Waals surface area contributed by atoms with Crippen LogP contribution in [0.25, 0.3) is 6.08 Å². The van der Waals surface area contributed by atoms with Gasteiger partial charge in [0.05, 0.1) is 0 Å². The summed E-state index contributed by atoms with van der Waals surface area (Å²) in [5.41, 5.74) is 2.06. The van der Waals surface area contributed by atoms with E-state index in [9.17, 15) is 9.59 Å². The zero-order valence-corrected chi connectivity index (χ0v) is 13.1. The maximum atomic E-state index is 11.7. The Labute approximate surface area is 127 Å². The first-order chi connectivity index (χ1) is 9.38. The van der Waals surface area contributed by atoms with Crippen molar-refractivity contribution in [3.63, 3.8) is 0 Å². The van der Waals surface area contributed by atoms with Crippen LogP contribution < -0.4 is 5.32 Å². The second kappa shape index (κ2) is 7.85. The summed E-state index contributed by atoms with van der Waals surface area (Å²) < 4.78 is 0.931. The number of aliphatic carboxylic acids is 1. The third kappa shape index (κ3) is 6.02. The molecule has 0 spiro atoms. The highest BCUT2D eigenvalue weighted by atomic mass is 79.9. The highest BCUT2D eigenvalue weighted by Crippen LogP contribution is 2.19. The molecule has 5 heteroatoms. The zero-order valence-electron chi connectivity index (χ0n) is 11.5. The third-order valence-electron chi connectivity index (χ3n) is 2.75. The normalized spacial score (nSPS) is 12.3. The van der Waals surface area contributed by atoms with Gasteiger partial charge in [0, 0.05) is 23.0 Å². The second-order valence-corrected chi connectivity index (χ2v) is 5.55. The first-order valence-electron chi connectivity index (χ1n) is 6.35. The Hall–Kier alpha value is -1.62. The van der Waals surface area contributed by atoms with E-state index in [1.165, 1.54) is 6.08 Å². The molecule has 0 aliphatic carbocycles. The average Bonchev–Trinajstić information content (AvgIpc) is 2.35. The number of rotatable bonds is 6. The molecule has 4 nitrogen and oxygen atoms in total. The lowest BCUT2D eigenvalue weighted by Gasteiger charge is -2.10. The topological polar surface area (TPSA) is 66.4 Å². The number of carboxylic acid groups (broad SMARTS) is 1. The van der Waals surface area contributed by atoms with Crippen molar-refractivity contribution in [2.45, 2.75) is 32.7 Å². The summed E-state index contributed by atoms with van der Waals surface area (Å²) in [6.07, 6.45) is 3.65. The summed E-state index contributed by atoms with van der Waals surface area (Å²) >= 11 is 3.44. The molecule has 0 aliphatic heterocycles. The van der Waals surface area contributed by atoms with Crippen molar-refractivity contribution in [1.82, 2.24) is 5.32 Å². The molecule has 2 N–H and O–H groups in total. The zero-order chi connectivity index (χ0) is 15.1. The molecule has 0 saturated heterocycles. The van der Waals surface area contributed by atoms with Gasteiger partial charge in [-0.3, -0.25) is 9.59 Å². The van der Waals surface area contributed by atoms with Gasteiger partial charge >= 0.3 is 5.97 Å². The molecule has 0 heterocycles. The van der Waals surface area contributed by atoms with Gasteiger partial charge in [0.15, 0.2) is 0 Å². The summed E-state index contributed by atoms with van der Waals surface area (Å²) in [5.74, 6) is -1.08. The number of halogens is 1. The van der Waals surface area contributed by atoms with Gasteiger partial charge in [-0.05, 0) is 43.5 Å². The number of aryl methyl sites for hydroxylation is 1. The SMILES string of the molecule is Cc1ccc(C=CC(=O)NC(C)CCC(=O)O)c(Br)c1. The maximum absolute atomic E-state index is 11.7. The van der Waals surface area contributed by atoms with Gasteiger partial charge < -0.3 is 10.4 Å². The van der Waals surface area contributed by atoms with E-state index < -0.39 is 5.97 Å². The van der Waals surface area contributed by atoms with Gasteiger partial charge in [-0.15, -0.1) is 0 Å². The number of hydrogen-bond donors (Lipinski definition) is 2. The summed E-state index contributed by atoms with van der Waals surface area (Å²) in [4.78, 5) is 22.1. The van der Waals surface area contributed by atoms with Crippen LogP contribution in [0.1, 0.15) is 30.9 Å². The standard InChI is InChI=1S/C15H18BrNO3/c1-10-3-5-12(13(16)9-10)6-7-14(18)17-11(2)4-8-15(19)20/h3,5-7,9,11H,4,8H2,1-2H3,(H,17,18)(H,19,20). The molecule has 1 aromatic carbocycles. The van der Waals surface area contributed by atoms with Crippen LogP contribution >= 0.6 is 15.9 Å². The molecule has 0 saturated carbocycles. The Bertz CT molecular complexity index is 526. The molecule has 1 unspecified atom stereocenters. The van der Waals surface area contributed by atoms with E-state index in [2.05, 4.69) is 21.2 Å². The highest BCUT2D eigenvalue weighted by Gasteiger charge is 2.07. The second-order valence-electron chi connectivity index (χ2n) is 4.70. The van der Waals surface area contributed by atoms with Gasteiger partial charge in [0.2, 0.25) is 5.91 Å². The Morgan fingerprint density at radius 2 is 2.15 bits per heavy atom. The lowest BCUT2D eigenvalue weighted by atomic mass is 10.1. The van der Waals surface area contributed by atoms with Crippen molar-refractivity contribution in [1.29, 1.82) is 0 Å².